The van der Waals surface area contributed by atoms with Crippen LogP contribution >= 0.6 is 0 Å². The Morgan fingerprint density at radius 3 is 1.44 bits per heavy atom. The summed E-state index contributed by atoms with van der Waals surface area (Å²) in [5.41, 5.74) is 0. The van der Waals surface area contributed by atoms with Crippen LogP contribution in [-0.4, -0.2) is 41.9 Å². The van der Waals surface area contributed by atoms with E-state index in [1.54, 1.807) is 6.08 Å². The summed E-state index contributed by atoms with van der Waals surface area (Å²) >= 11 is 0. The minimum absolute atomic E-state index is 0.273. The van der Waals surface area contributed by atoms with Crippen LogP contribution in [0.1, 0.15) is 168 Å². The second kappa shape index (κ2) is 32.2. The first kappa shape index (κ1) is 43.3. The molecule has 2 atom stereocenters. The number of rotatable bonds is 32. The molecule has 1 amide bonds. The maximum absolute atomic E-state index is 12.4. The molecule has 0 rings (SSSR count). The Hall–Kier alpha value is -1.70. The van der Waals surface area contributed by atoms with Gasteiger partial charge in [-0.2, -0.15) is 8.42 Å². The molecule has 45 heavy (non-hydrogen) atoms. The number of nitrogens with one attached hydrogen (secondary N) is 1. The molecular weight excluding hydrogens is 582 g/mol. The van der Waals surface area contributed by atoms with Crippen molar-refractivity contribution in [2.75, 3.05) is 5.75 Å². The number of unbranched alkanes of at least 4 members (excludes halogenated alkanes) is 18. The molecule has 0 saturated carbocycles. The molecular formula is C38H69NO5S. The fourth-order valence-corrected chi connectivity index (χ4v) is 5.91. The second-order valence-electron chi connectivity index (χ2n) is 12.5. The smallest absolute Gasteiger partial charge is 0.267 e. The maximum Gasteiger partial charge on any atom is 0.267 e. The molecule has 0 radical (unpaired) electrons. The molecule has 0 spiro atoms. The Kier molecular flexibility index (Phi) is 31.0. The number of hydrogen-bond acceptors (Lipinski definition) is 4. The molecule has 0 aliphatic rings. The SMILES string of the molecule is CCCCC/C=C\CCCCCCCC(=O)NC(CS(=O)(=O)O)C(O)/C=C/CC/C=C/CC/C=C/CCCCCCCCCC. The van der Waals surface area contributed by atoms with Crippen LogP contribution in [0.2, 0.25) is 0 Å². The zero-order valence-electron chi connectivity index (χ0n) is 29.0. The van der Waals surface area contributed by atoms with Gasteiger partial charge in [-0.1, -0.05) is 140 Å². The Morgan fingerprint density at radius 1 is 0.578 bits per heavy atom. The van der Waals surface area contributed by atoms with E-state index < -0.39 is 28.0 Å². The molecule has 262 valence electrons. The molecule has 3 N–H and O–H groups in total. The predicted molar refractivity (Wildman–Crippen MR) is 193 cm³/mol. The minimum atomic E-state index is -4.35. The quantitative estimate of drug-likeness (QED) is 0.0381. The van der Waals surface area contributed by atoms with Gasteiger partial charge in [-0.3, -0.25) is 9.35 Å². The predicted octanol–water partition coefficient (Wildman–Crippen LogP) is 10.3. The van der Waals surface area contributed by atoms with Crippen molar-refractivity contribution in [1.82, 2.24) is 5.32 Å². The van der Waals surface area contributed by atoms with E-state index in [1.807, 2.05) is 0 Å². The van der Waals surface area contributed by atoms with Crippen molar-refractivity contribution in [2.24, 2.45) is 0 Å². The number of carbonyl (C=O) groups is 1. The van der Waals surface area contributed by atoms with Crippen LogP contribution in [0.3, 0.4) is 0 Å². The summed E-state index contributed by atoms with van der Waals surface area (Å²) in [4.78, 5) is 12.4. The summed E-state index contributed by atoms with van der Waals surface area (Å²) in [7, 11) is -4.35. The van der Waals surface area contributed by atoms with Gasteiger partial charge in [-0.05, 0) is 70.6 Å². The van der Waals surface area contributed by atoms with Crippen LogP contribution in [0.5, 0.6) is 0 Å². The van der Waals surface area contributed by atoms with E-state index in [-0.39, 0.29) is 12.3 Å². The topological polar surface area (TPSA) is 104 Å². The Bertz CT molecular complexity index is 894. The van der Waals surface area contributed by atoms with Gasteiger partial charge < -0.3 is 10.4 Å². The van der Waals surface area contributed by atoms with E-state index in [4.69, 9.17) is 0 Å². The molecule has 0 heterocycles. The van der Waals surface area contributed by atoms with Gasteiger partial charge in [-0.25, -0.2) is 0 Å². The van der Waals surface area contributed by atoms with E-state index >= 15 is 0 Å². The molecule has 0 bridgehead atoms. The molecule has 7 heteroatoms. The van der Waals surface area contributed by atoms with Crippen molar-refractivity contribution in [1.29, 1.82) is 0 Å². The summed E-state index contributed by atoms with van der Waals surface area (Å²) < 4.78 is 32.3. The van der Waals surface area contributed by atoms with E-state index in [0.717, 1.165) is 51.4 Å². The van der Waals surface area contributed by atoms with Crippen molar-refractivity contribution in [3.05, 3.63) is 48.6 Å². The van der Waals surface area contributed by atoms with E-state index in [2.05, 4.69) is 55.6 Å². The third-order valence-corrected chi connectivity index (χ3v) is 8.74. The molecule has 0 aromatic carbocycles. The van der Waals surface area contributed by atoms with E-state index in [9.17, 15) is 22.9 Å². The van der Waals surface area contributed by atoms with Gasteiger partial charge in [0.05, 0.1) is 17.9 Å². The number of amides is 1. The summed E-state index contributed by atoms with van der Waals surface area (Å²) in [6.45, 7) is 4.47. The first-order valence-electron chi connectivity index (χ1n) is 18.3. The van der Waals surface area contributed by atoms with Crippen molar-refractivity contribution < 1.29 is 22.9 Å². The fraction of sp³-hybridized carbons (Fsp3) is 0.763. The Morgan fingerprint density at radius 2 is 0.956 bits per heavy atom. The average molecular weight is 652 g/mol. The normalized spacial score (nSPS) is 14.0. The van der Waals surface area contributed by atoms with Crippen molar-refractivity contribution in [2.45, 2.75) is 180 Å². The largest absolute Gasteiger partial charge is 0.387 e. The maximum atomic E-state index is 12.4. The molecule has 0 fully saturated rings. The monoisotopic (exact) mass is 651 g/mol. The van der Waals surface area contributed by atoms with Crippen LogP contribution < -0.4 is 5.32 Å². The zero-order chi connectivity index (χ0) is 33.3. The molecule has 6 nitrogen and oxygen atoms in total. The summed E-state index contributed by atoms with van der Waals surface area (Å²) in [6, 6.07) is -1.08. The van der Waals surface area contributed by atoms with Crippen LogP contribution in [0, 0.1) is 0 Å². The number of allylic oxidation sites excluding steroid dienone is 7. The molecule has 0 aliphatic heterocycles. The fourth-order valence-electron chi connectivity index (χ4n) is 5.18. The summed E-state index contributed by atoms with van der Waals surface area (Å²) in [5, 5.41) is 13.1. The standard InChI is InChI=1S/C38H69NO5S/c1-3-5-7-9-11-13-15-17-18-19-20-21-22-23-25-27-29-31-33-37(40)36(35-45(42,43)44)39-38(41)34-32-30-28-26-24-16-14-12-10-8-6-4-2/h12,14,19-20,23,25,31,33,36-37,40H,3-11,13,15-18,21-22,24,26-30,32,34-35H2,1-2H3,(H,39,41)(H,42,43,44)/b14-12-,20-19+,25-23+,33-31+. The van der Waals surface area contributed by atoms with Crippen LogP contribution in [-0.2, 0) is 14.9 Å². The van der Waals surface area contributed by atoms with Gasteiger partial charge in [0.25, 0.3) is 10.1 Å². The summed E-state index contributed by atoms with van der Waals surface area (Å²) in [6.07, 6.45) is 42.4. The minimum Gasteiger partial charge on any atom is -0.387 e. The van der Waals surface area contributed by atoms with Gasteiger partial charge in [0.2, 0.25) is 5.91 Å². The van der Waals surface area contributed by atoms with Crippen LogP contribution in [0.25, 0.3) is 0 Å². The lowest BCUT2D eigenvalue weighted by molar-refractivity contribution is -0.122. The third kappa shape index (κ3) is 33.5. The van der Waals surface area contributed by atoms with E-state index in [0.29, 0.717) is 12.8 Å². The van der Waals surface area contributed by atoms with E-state index in [1.165, 1.54) is 89.5 Å². The van der Waals surface area contributed by atoms with Crippen molar-refractivity contribution in [3.8, 4) is 0 Å². The van der Waals surface area contributed by atoms with Gasteiger partial charge in [-0.15, -0.1) is 0 Å². The number of aliphatic hydroxyl groups is 1. The van der Waals surface area contributed by atoms with Gasteiger partial charge in [0.15, 0.2) is 0 Å². The van der Waals surface area contributed by atoms with Crippen molar-refractivity contribution >= 4 is 16.0 Å². The zero-order valence-corrected chi connectivity index (χ0v) is 29.8. The number of hydrogen-bond donors (Lipinski definition) is 3. The second-order valence-corrected chi connectivity index (χ2v) is 14.0. The van der Waals surface area contributed by atoms with Gasteiger partial charge in [0, 0.05) is 6.42 Å². The lowest BCUT2D eigenvalue weighted by Crippen LogP contribution is -2.46. The third-order valence-electron chi connectivity index (χ3n) is 7.96. The highest BCUT2D eigenvalue weighted by molar-refractivity contribution is 7.85. The van der Waals surface area contributed by atoms with Crippen LogP contribution in [0.4, 0.5) is 0 Å². The highest BCUT2D eigenvalue weighted by Gasteiger charge is 2.24. The highest BCUT2D eigenvalue weighted by atomic mass is 32.2. The Balaban J connectivity index is 4.09. The molecule has 0 aromatic rings. The number of aliphatic hydroxyl groups excluding tert-OH is 1. The molecule has 0 saturated heterocycles. The highest BCUT2D eigenvalue weighted by Crippen LogP contribution is 2.11. The van der Waals surface area contributed by atoms with Gasteiger partial charge in [0.1, 0.15) is 0 Å². The Labute approximate surface area is 278 Å². The number of carbonyl (C=O) groups excluding carboxylic acids is 1. The molecule has 0 aliphatic carbocycles. The summed E-state index contributed by atoms with van der Waals surface area (Å²) in [5.74, 6) is -1.02. The van der Waals surface area contributed by atoms with Crippen LogP contribution in [0.15, 0.2) is 48.6 Å². The molecule has 2 unspecified atom stereocenters. The van der Waals surface area contributed by atoms with Gasteiger partial charge >= 0.3 is 0 Å². The lowest BCUT2D eigenvalue weighted by atomic mass is 10.1. The molecule has 0 aromatic heterocycles. The van der Waals surface area contributed by atoms with Crippen molar-refractivity contribution in [3.63, 3.8) is 0 Å². The first-order valence-corrected chi connectivity index (χ1v) is 19.9. The first-order chi connectivity index (χ1) is 21.8. The average Bonchev–Trinajstić information content (AvgIpc) is 3.00. The lowest BCUT2D eigenvalue weighted by Gasteiger charge is -2.21.